The van der Waals surface area contributed by atoms with E-state index in [0.717, 1.165) is 27.6 Å². The summed E-state index contributed by atoms with van der Waals surface area (Å²) in [6, 6.07) is 8.68. The van der Waals surface area contributed by atoms with Crippen molar-refractivity contribution in [3.05, 3.63) is 40.0 Å². The van der Waals surface area contributed by atoms with Crippen LogP contribution >= 0.6 is 15.9 Å². The first-order chi connectivity index (χ1) is 10.6. The van der Waals surface area contributed by atoms with Crippen LogP contribution < -0.4 is 10.6 Å². The topological polar surface area (TPSA) is 49.8 Å². The lowest BCUT2D eigenvalue weighted by atomic mass is 10.2. The van der Waals surface area contributed by atoms with E-state index < -0.39 is 0 Å². The molecule has 0 radical (unpaired) electrons. The first kappa shape index (κ1) is 15.3. The Bertz CT molecular complexity index is 666. The second-order valence-electron chi connectivity index (χ2n) is 5.93. The van der Waals surface area contributed by atoms with E-state index in [9.17, 15) is 0 Å². The first-order valence-corrected chi connectivity index (χ1v) is 8.55. The number of rotatable bonds is 4. The number of hydrogen-bond donors (Lipinski definition) is 2. The summed E-state index contributed by atoms with van der Waals surface area (Å²) >= 11 is 3.52. The first-order valence-electron chi connectivity index (χ1n) is 7.75. The van der Waals surface area contributed by atoms with Gasteiger partial charge in [-0.05, 0) is 50.5 Å². The maximum Gasteiger partial charge on any atom is 0.225 e. The van der Waals surface area contributed by atoms with Crippen LogP contribution in [0, 0.1) is 13.8 Å². The lowest BCUT2D eigenvalue weighted by molar-refractivity contribution is 0.743. The molecule has 0 amide bonds. The van der Waals surface area contributed by atoms with Gasteiger partial charge in [-0.2, -0.15) is 4.98 Å². The van der Waals surface area contributed by atoms with Crippen LogP contribution in [0.15, 0.2) is 28.7 Å². The van der Waals surface area contributed by atoms with Crippen LogP contribution in [0.25, 0.3) is 0 Å². The third kappa shape index (κ3) is 3.77. The van der Waals surface area contributed by atoms with Gasteiger partial charge in [0.2, 0.25) is 5.95 Å². The van der Waals surface area contributed by atoms with Crippen LogP contribution in [0.3, 0.4) is 0 Å². The molecule has 1 aliphatic carbocycles. The number of aryl methyl sites for hydroxylation is 2. The molecule has 5 heteroatoms. The molecule has 1 heterocycles. The van der Waals surface area contributed by atoms with Crippen molar-refractivity contribution in [1.82, 2.24) is 9.97 Å². The smallest absolute Gasteiger partial charge is 0.225 e. The number of aromatic nitrogens is 2. The standard InChI is InChI=1S/C17H21BrN4/c1-11-9-14(7-8-15(11)18)20-16-10-12(2)19-17(22-16)21-13-5-3-4-6-13/h7-10,13H,3-6H2,1-2H3,(H2,19,20,21,22). The van der Waals surface area contributed by atoms with Gasteiger partial charge in [-0.15, -0.1) is 0 Å². The van der Waals surface area contributed by atoms with Crippen molar-refractivity contribution in [2.24, 2.45) is 0 Å². The zero-order chi connectivity index (χ0) is 15.5. The van der Waals surface area contributed by atoms with Crippen LogP contribution in [0.5, 0.6) is 0 Å². The highest BCUT2D eigenvalue weighted by Gasteiger charge is 2.16. The van der Waals surface area contributed by atoms with Gasteiger partial charge < -0.3 is 10.6 Å². The van der Waals surface area contributed by atoms with Gasteiger partial charge in [0.25, 0.3) is 0 Å². The second-order valence-corrected chi connectivity index (χ2v) is 6.79. The average molecular weight is 361 g/mol. The molecule has 1 saturated carbocycles. The maximum absolute atomic E-state index is 4.60. The molecule has 0 aliphatic heterocycles. The molecule has 2 N–H and O–H groups in total. The Balaban J connectivity index is 1.77. The summed E-state index contributed by atoms with van der Waals surface area (Å²) in [5.41, 5.74) is 3.19. The molecule has 0 atom stereocenters. The van der Waals surface area contributed by atoms with Gasteiger partial charge in [-0.3, -0.25) is 0 Å². The Labute approximate surface area is 139 Å². The summed E-state index contributed by atoms with van der Waals surface area (Å²) in [6.45, 7) is 4.08. The summed E-state index contributed by atoms with van der Waals surface area (Å²) in [4.78, 5) is 9.10. The van der Waals surface area contributed by atoms with Crippen LogP contribution in [0.2, 0.25) is 0 Å². The quantitative estimate of drug-likeness (QED) is 0.809. The lowest BCUT2D eigenvalue weighted by Gasteiger charge is -2.14. The van der Waals surface area contributed by atoms with Gasteiger partial charge in [-0.25, -0.2) is 4.98 Å². The fraction of sp³-hybridized carbons (Fsp3) is 0.412. The van der Waals surface area contributed by atoms with Gasteiger partial charge in [-0.1, -0.05) is 28.8 Å². The zero-order valence-electron chi connectivity index (χ0n) is 13.0. The van der Waals surface area contributed by atoms with E-state index >= 15 is 0 Å². The van der Waals surface area contributed by atoms with Gasteiger partial charge in [0.05, 0.1) is 0 Å². The van der Waals surface area contributed by atoms with Crippen molar-refractivity contribution in [2.75, 3.05) is 10.6 Å². The van der Waals surface area contributed by atoms with E-state index in [-0.39, 0.29) is 0 Å². The molecular weight excluding hydrogens is 340 g/mol. The third-order valence-electron chi connectivity index (χ3n) is 3.97. The molecule has 1 aromatic heterocycles. The lowest BCUT2D eigenvalue weighted by Crippen LogP contribution is -2.17. The van der Waals surface area contributed by atoms with Crippen molar-refractivity contribution in [2.45, 2.75) is 45.6 Å². The summed E-state index contributed by atoms with van der Waals surface area (Å²) in [6.07, 6.45) is 5.03. The van der Waals surface area contributed by atoms with E-state index in [1.807, 2.05) is 25.1 Å². The highest BCUT2D eigenvalue weighted by atomic mass is 79.9. The SMILES string of the molecule is Cc1cc(Nc2ccc(Br)c(C)c2)nc(NC2CCCC2)n1. The molecule has 0 unspecified atom stereocenters. The third-order valence-corrected chi connectivity index (χ3v) is 4.86. The molecule has 4 nitrogen and oxygen atoms in total. The van der Waals surface area contributed by atoms with Gasteiger partial charge in [0, 0.05) is 28.0 Å². The number of hydrogen-bond acceptors (Lipinski definition) is 4. The molecule has 1 aliphatic rings. The monoisotopic (exact) mass is 360 g/mol. The van der Waals surface area contributed by atoms with E-state index in [0.29, 0.717) is 6.04 Å². The summed E-state index contributed by atoms with van der Waals surface area (Å²) in [5, 5.41) is 6.82. The minimum atomic E-state index is 0.518. The normalized spacial score (nSPS) is 15.0. The number of nitrogens with one attached hydrogen (secondary N) is 2. The summed E-state index contributed by atoms with van der Waals surface area (Å²) in [5.74, 6) is 1.55. The fourth-order valence-corrected chi connectivity index (χ4v) is 3.07. The Morgan fingerprint density at radius 2 is 1.86 bits per heavy atom. The van der Waals surface area contributed by atoms with Crippen molar-refractivity contribution in [3.63, 3.8) is 0 Å². The van der Waals surface area contributed by atoms with Gasteiger partial charge in [0.1, 0.15) is 5.82 Å². The van der Waals surface area contributed by atoms with Crippen molar-refractivity contribution < 1.29 is 0 Å². The number of halogens is 1. The van der Waals surface area contributed by atoms with E-state index in [4.69, 9.17) is 0 Å². The maximum atomic E-state index is 4.60. The van der Waals surface area contributed by atoms with Crippen LogP contribution in [0.1, 0.15) is 36.9 Å². The van der Waals surface area contributed by atoms with Crippen molar-refractivity contribution in [3.8, 4) is 0 Å². The van der Waals surface area contributed by atoms with E-state index in [1.54, 1.807) is 0 Å². The largest absolute Gasteiger partial charge is 0.351 e. The average Bonchev–Trinajstić information content (AvgIpc) is 2.95. The van der Waals surface area contributed by atoms with Crippen molar-refractivity contribution in [1.29, 1.82) is 0 Å². The van der Waals surface area contributed by atoms with Crippen molar-refractivity contribution >= 4 is 33.4 Å². The molecule has 116 valence electrons. The molecule has 0 spiro atoms. The second kappa shape index (κ2) is 6.65. The Hall–Kier alpha value is -1.62. The molecule has 1 fully saturated rings. The molecule has 2 aromatic rings. The number of nitrogens with zero attached hydrogens (tertiary/aromatic N) is 2. The van der Waals surface area contributed by atoms with Gasteiger partial charge >= 0.3 is 0 Å². The molecule has 22 heavy (non-hydrogen) atoms. The minimum Gasteiger partial charge on any atom is -0.351 e. The summed E-state index contributed by atoms with van der Waals surface area (Å²) in [7, 11) is 0. The minimum absolute atomic E-state index is 0.518. The predicted octanol–water partition coefficient (Wildman–Crippen LogP) is 4.95. The Kier molecular flexibility index (Phi) is 4.62. The van der Waals surface area contributed by atoms with Crippen LogP contribution in [0.4, 0.5) is 17.5 Å². The fourth-order valence-electron chi connectivity index (χ4n) is 2.82. The number of anilines is 3. The van der Waals surface area contributed by atoms with E-state index in [1.165, 1.54) is 31.2 Å². The highest BCUT2D eigenvalue weighted by molar-refractivity contribution is 9.10. The molecule has 1 aromatic carbocycles. The Morgan fingerprint density at radius 1 is 1.09 bits per heavy atom. The molecular formula is C17H21BrN4. The van der Waals surface area contributed by atoms with Crippen LogP contribution in [-0.2, 0) is 0 Å². The van der Waals surface area contributed by atoms with Gasteiger partial charge in [0.15, 0.2) is 0 Å². The predicted molar refractivity (Wildman–Crippen MR) is 94.8 cm³/mol. The number of benzene rings is 1. The molecule has 0 bridgehead atoms. The van der Waals surface area contributed by atoms with E-state index in [2.05, 4.69) is 49.5 Å². The zero-order valence-corrected chi connectivity index (χ0v) is 14.6. The molecule has 3 rings (SSSR count). The Morgan fingerprint density at radius 3 is 2.59 bits per heavy atom. The summed E-state index contributed by atoms with van der Waals surface area (Å²) < 4.78 is 1.11. The molecule has 0 saturated heterocycles. The van der Waals surface area contributed by atoms with Crippen LogP contribution in [-0.4, -0.2) is 16.0 Å². The highest BCUT2D eigenvalue weighted by Crippen LogP contribution is 2.24.